The molecule has 98 valence electrons. The number of aromatic nitrogens is 1. The fraction of sp³-hybridized carbons (Fsp3) is 0.538. The zero-order chi connectivity index (χ0) is 13.0. The van der Waals surface area contributed by atoms with Gasteiger partial charge < -0.3 is 10.6 Å². The summed E-state index contributed by atoms with van der Waals surface area (Å²) in [4.78, 5) is 10.4. The number of hydrogen-bond donors (Lipinski definition) is 1. The summed E-state index contributed by atoms with van der Waals surface area (Å²) in [7, 11) is 0. The van der Waals surface area contributed by atoms with Crippen molar-refractivity contribution in [3.63, 3.8) is 0 Å². The molecular formula is C13H19FN4. The minimum Gasteiger partial charge on any atom is -0.370 e. The van der Waals surface area contributed by atoms with Crippen LogP contribution in [-0.4, -0.2) is 28.9 Å². The van der Waals surface area contributed by atoms with E-state index in [1.807, 2.05) is 0 Å². The second-order valence-corrected chi connectivity index (χ2v) is 4.84. The molecule has 0 saturated carbocycles. The highest BCUT2D eigenvalue weighted by Crippen LogP contribution is 2.15. The Balaban J connectivity index is 1.93. The molecule has 0 amide bonds. The zero-order valence-electron chi connectivity index (χ0n) is 10.6. The van der Waals surface area contributed by atoms with Crippen LogP contribution in [0.15, 0.2) is 23.3 Å². The molecule has 0 aromatic carbocycles. The average molecular weight is 250 g/mol. The van der Waals surface area contributed by atoms with Crippen molar-refractivity contribution < 1.29 is 4.39 Å². The summed E-state index contributed by atoms with van der Waals surface area (Å²) in [6, 6.07) is 3.02. The van der Waals surface area contributed by atoms with E-state index in [1.54, 1.807) is 6.07 Å². The molecule has 5 heteroatoms. The first-order valence-corrected chi connectivity index (χ1v) is 6.30. The van der Waals surface area contributed by atoms with Crippen LogP contribution in [0.5, 0.6) is 0 Å². The van der Waals surface area contributed by atoms with Gasteiger partial charge in [0.15, 0.2) is 5.96 Å². The maximum Gasteiger partial charge on any atom is 0.191 e. The molecule has 1 atom stereocenters. The molecule has 1 aromatic heterocycles. The SMILES string of the molecule is CC1CCCN(C(N)=NCc2ccc(F)cn2)C1. The van der Waals surface area contributed by atoms with Gasteiger partial charge >= 0.3 is 0 Å². The van der Waals surface area contributed by atoms with E-state index in [1.165, 1.54) is 18.7 Å². The van der Waals surface area contributed by atoms with Gasteiger partial charge in [-0.2, -0.15) is 0 Å². The first-order chi connectivity index (χ1) is 8.65. The maximum absolute atomic E-state index is 12.7. The van der Waals surface area contributed by atoms with Crippen molar-refractivity contribution in [1.29, 1.82) is 0 Å². The third-order valence-corrected chi connectivity index (χ3v) is 3.17. The molecule has 4 nitrogen and oxygen atoms in total. The molecule has 1 aliphatic heterocycles. The number of hydrogen-bond acceptors (Lipinski definition) is 2. The molecule has 0 radical (unpaired) electrons. The van der Waals surface area contributed by atoms with Crippen molar-refractivity contribution in [1.82, 2.24) is 9.88 Å². The third-order valence-electron chi connectivity index (χ3n) is 3.17. The lowest BCUT2D eigenvalue weighted by molar-refractivity contribution is 0.270. The predicted octanol–water partition coefficient (Wildman–Crippen LogP) is 1.77. The van der Waals surface area contributed by atoms with E-state index in [0.29, 0.717) is 18.4 Å². The Morgan fingerprint density at radius 3 is 3.11 bits per heavy atom. The molecule has 18 heavy (non-hydrogen) atoms. The van der Waals surface area contributed by atoms with Gasteiger partial charge in [0, 0.05) is 13.1 Å². The maximum atomic E-state index is 12.7. The Hall–Kier alpha value is -1.65. The van der Waals surface area contributed by atoms with Gasteiger partial charge in [0.05, 0.1) is 18.4 Å². The van der Waals surface area contributed by atoms with E-state index >= 15 is 0 Å². The normalized spacial score (nSPS) is 21.1. The number of likely N-dealkylation sites (tertiary alicyclic amines) is 1. The number of guanidine groups is 1. The Bertz CT molecular complexity index is 416. The highest BCUT2D eigenvalue weighted by Gasteiger charge is 2.17. The highest BCUT2D eigenvalue weighted by atomic mass is 19.1. The van der Waals surface area contributed by atoms with Crippen LogP contribution in [0.2, 0.25) is 0 Å². The number of rotatable bonds is 2. The summed E-state index contributed by atoms with van der Waals surface area (Å²) in [5.74, 6) is 0.893. The van der Waals surface area contributed by atoms with Crippen LogP contribution in [0.1, 0.15) is 25.5 Å². The highest BCUT2D eigenvalue weighted by molar-refractivity contribution is 5.78. The lowest BCUT2D eigenvalue weighted by atomic mass is 10.0. The van der Waals surface area contributed by atoms with Gasteiger partial charge in [-0.1, -0.05) is 6.92 Å². The van der Waals surface area contributed by atoms with Crippen LogP contribution in [0, 0.1) is 11.7 Å². The Labute approximate surface area is 107 Å². The summed E-state index contributed by atoms with van der Waals surface area (Å²) < 4.78 is 12.7. The van der Waals surface area contributed by atoms with Gasteiger partial charge in [0.25, 0.3) is 0 Å². The van der Waals surface area contributed by atoms with E-state index in [4.69, 9.17) is 5.73 Å². The average Bonchev–Trinajstić information content (AvgIpc) is 2.38. The van der Waals surface area contributed by atoms with E-state index in [-0.39, 0.29) is 5.82 Å². The van der Waals surface area contributed by atoms with Crippen molar-refractivity contribution in [2.45, 2.75) is 26.3 Å². The van der Waals surface area contributed by atoms with E-state index in [0.717, 1.165) is 25.2 Å². The van der Waals surface area contributed by atoms with Crippen LogP contribution in [0.25, 0.3) is 0 Å². The topological polar surface area (TPSA) is 54.5 Å². The molecule has 2 N–H and O–H groups in total. The number of nitrogens with two attached hydrogens (primary N) is 1. The van der Waals surface area contributed by atoms with Gasteiger partial charge in [-0.25, -0.2) is 9.38 Å². The molecule has 1 unspecified atom stereocenters. The fourth-order valence-electron chi connectivity index (χ4n) is 2.16. The van der Waals surface area contributed by atoms with Crippen LogP contribution in [-0.2, 0) is 6.54 Å². The monoisotopic (exact) mass is 250 g/mol. The second-order valence-electron chi connectivity index (χ2n) is 4.84. The molecule has 0 bridgehead atoms. The number of pyridine rings is 1. The van der Waals surface area contributed by atoms with Crippen molar-refractivity contribution in [2.75, 3.05) is 13.1 Å². The Morgan fingerprint density at radius 2 is 2.44 bits per heavy atom. The Morgan fingerprint density at radius 1 is 1.61 bits per heavy atom. The van der Waals surface area contributed by atoms with E-state index in [2.05, 4.69) is 21.8 Å². The number of aliphatic imine (C=N–C) groups is 1. The summed E-state index contributed by atoms with van der Waals surface area (Å²) in [5, 5.41) is 0. The molecule has 1 aromatic rings. The summed E-state index contributed by atoms with van der Waals surface area (Å²) in [6.45, 7) is 4.56. The van der Waals surface area contributed by atoms with Gasteiger partial charge in [-0.3, -0.25) is 4.98 Å². The Kier molecular flexibility index (Phi) is 4.12. The van der Waals surface area contributed by atoms with Crippen molar-refractivity contribution in [3.05, 3.63) is 29.8 Å². The number of nitrogens with zero attached hydrogens (tertiary/aromatic N) is 3. The van der Waals surface area contributed by atoms with Gasteiger partial charge in [0.1, 0.15) is 5.82 Å². The smallest absolute Gasteiger partial charge is 0.191 e. The van der Waals surface area contributed by atoms with Crippen molar-refractivity contribution >= 4 is 5.96 Å². The molecule has 1 saturated heterocycles. The first kappa shape index (κ1) is 12.8. The van der Waals surface area contributed by atoms with Gasteiger partial charge in [0.2, 0.25) is 0 Å². The van der Waals surface area contributed by atoms with Crippen LogP contribution in [0.3, 0.4) is 0 Å². The summed E-state index contributed by atoms with van der Waals surface area (Å²) >= 11 is 0. The molecule has 0 aliphatic carbocycles. The lowest BCUT2D eigenvalue weighted by Gasteiger charge is -2.31. The van der Waals surface area contributed by atoms with Crippen LogP contribution in [0.4, 0.5) is 4.39 Å². The van der Waals surface area contributed by atoms with Gasteiger partial charge in [-0.15, -0.1) is 0 Å². The quantitative estimate of drug-likeness (QED) is 0.643. The molecule has 2 rings (SSSR count). The first-order valence-electron chi connectivity index (χ1n) is 6.30. The van der Waals surface area contributed by atoms with Crippen LogP contribution < -0.4 is 5.73 Å². The molecular weight excluding hydrogens is 231 g/mol. The standard InChI is InChI=1S/C13H19FN4/c1-10-3-2-6-18(9-10)13(15)17-8-12-5-4-11(14)7-16-12/h4-5,7,10H,2-3,6,8-9H2,1H3,(H2,15,17). The van der Waals surface area contributed by atoms with Crippen molar-refractivity contribution in [2.24, 2.45) is 16.6 Å². The largest absolute Gasteiger partial charge is 0.370 e. The molecule has 2 heterocycles. The van der Waals surface area contributed by atoms with E-state index < -0.39 is 0 Å². The summed E-state index contributed by atoms with van der Waals surface area (Å²) in [5.41, 5.74) is 6.69. The minimum absolute atomic E-state index is 0.333. The van der Waals surface area contributed by atoms with Crippen LogP contribution >= 0.6 is 0 Å². The van der Waals surface area contributed by atoms with Gasteiger partial charge in [-0.05, 0) is 30.9 Å². The second kappa shape index (κ2) is 5.80. The minimum atomic E-state index is -0.333. The molecule has 1 fully saturated rings. The third kappa shape index (κ3) is 3.42. The zero-order valence-corrected chi connectivity index (χ0v) is 10.6. The number of piperidine rings is 1. The predicted molar refractivity (Wildman–Crippen MR) is 69.5 cm³/mol. The van der Waals surface area contributed by atoms with Crippen molar-refractivity contribution in [3.8, 4) is 0 Å². The lowest BCUT2D eigenvalue weighted by Crippen LogP contribution is -2.43. The molecule has 1 aliphatic rings. The molecule has 0 spiro atoms. The summed E-state index contributed by atoms with van der Waals surface area (Å²) in [6.07, 6.45) is 3.61. The number of halogens is 1. The van der Waals surface area contributed by atoms with E-state index in [9.17, 15) is 4.39 Å². The fourth-order valence-corrected chi connectivity index (χ4v) is 2.16.